The molecule has 0 bridgehead atoms. The Labute approximate surface area is 262 Å². The monoisotopic (exact) mass is 660 g/mol. The summed E-state index contributed by atoms with van der Waals surface area (Å²) < 4.78 is 74.7. The summed E-state index contributed by atoms with van der Waals surface area (Å²) in [6, 6.07) is 17.2. The lowest BCUT2D eigenvalue weighted by atomic mass is 9.90. The zero-order valence-corrected chi connectivity index (χ0v) is 25.3. The quantitative estimate of drug-likeness (QED) is 0.216. The fraction of sp³-hybridized carbons (Fsp3) is 0.323. The molecule has 4 aromatic rings. The Hall–Kier alpha value is -3.94. The van der Waals surface area contributed by atoms with Gasteiger partial charge in [-0.05, 0) is 67.0 Å². The number of carbonyl (C=O) groups is 1. The van der Waals surface area contributed by atoms with E-state index in [0.29, 0.717) is 29.5 Å². The number of piperidine rings is 1. The van der Waals surface area contributed by atoms with Crippen LogP contribution in [0.25, 0.3) is 17.1 Å². The van der Waals surface area contributed by atoms with E-state index >= 15 is 0 Å². The highest BCUT2D eigenvalue weighted by Gasteiger charge is 2.42. The van der Waals surface area contributed by atoms with Gasteiger partial charge in [-0.25, -0.2) is 27.2 Å². The number of halogens is 4. The van der Waals surface area contributed by atoms with Gasteiger partial charge in [0.2, 0.25) is 10.0 Å². The molecule has 236 valence electrons. The van der Waals surface area contributed by atoms with E-state index in [4.69, 9.17) is 16.3 Å². The van der Waals surface area contributed by atoms with Crippen molar-refractivity contribution in [3.8, 4) is 22.8 Å². The molecule has 1 saturated heterocycles. The Morgan fingerprint density at radius 2 is 1.69 bits per heavy atom. The number of hydrogen-bond donors (Lipinski definition) is 1. The van der Waals surface area contributed by atoms with Crippen molar-refractivity contribution in [2.75, 3.05) is 13.1 Å². The molecule has 9 nitrogen and oxygen atoms in total. The molecule has 0 amide bonds. The minimum atomic E-state index is -4.99. The number of carboxylic acid groups (broad SMARTS) is 1. The van der Waals surface area contributed by atoms with Gasteiger partial charge >= 0.3 is 12.1 Å². The summed E-state index contributed by atoms with van der Waals surface area (Å²) in [6.07, 6.45) is -1.31. The number of aromatic carboxylic acids is 1. The van der Waals surface area contributed by atoms with Crippen LogP contribution in [0.1, 0.15) is 58.8 Å². The maximum atomic E-state index is 13.8. The predicted molar refractivity (Wildman–Crippen MR) is 160 cm³/mol. The topological polar surface area (TPSA) is 115 Å². The Morgan fingerprint density at radius 1 is 1.00 bits per heavy atom. The molecule has 0 atom stereocenters. The maximum absolute atomic E-state index is 13.8. The summed E-state index contributed by atoms with van der Waals surface area (Å²) in [5.41, 5.74) is 0.222. The number of pyridine rings is 1. The van der Waals surface area contributed by atoms with Gasteiger partial charge in [-0.1, -0.05) is 48.0 Å². The predicted octanol–water partition coefficient (Wildman–Crippen LogP) is 6.56. The van der Waals surface area contributed by atoms with Crippen molar-refractivity contribution in [3.05, 3.63) is 94.3 Å². The molecule has 2 aromatic heterocycles. The largest absolute Gasteiger partial charge is 0.487 e. The lowest BCUT2D eigenvalue weighted by Crippen LogP contribution is -2.39. The molecule has 14 heteroatoms. The fourth-order valence-electron chi connectivity index (χ4n) is 5.56. The summed E-state index contributed by atoms with van der Waals surface area (Å²) in [5, 5.41) is 13.0. The zero-order valence-electron chi connectivity index (χ0n) is 23.7. The lowest BCUT2D eigenvalue weighted by molar-refractivity contribution is -0.143. The minimum Gasteiger partial charge on any atom is -0.487 e. The van der Waals surface area contributed by atoms with Gasteiger partial charge in [0.15, 0.2) is 11.5 Å². The molecule has 3 heterocycles. The van der Waals surface area contributed by atoms with Gasteiger partial charge in [0, 0.05) is 18.7 Å². The molecule has 2 aliphatic rings. The highest BCUT2D eigenvalue weighted by atomic mass is 35.5. The highest BCUT2D eigenvalue weighted by molar-refractivity contribution is 7.90. The third-order valence-corrected chi connectivity index (χ3v) is 10.8. The van der Waals surface area contributed by atoms with Crippen molar-refractivity contribution in [2.24, 2.45) is 0 Å². The molecule has 6 rings (SSSR count). The summed E-state index contributed by atoms with van der Waals surface area (Å²) in [6.45, 7) is 1.20. The average Bonchev–Trinajstić information content (AvgIpc) is 3.78. The van der Waals surface area contributed by atoms with E-state index in [1.54, 1.807) is 28.6 Å². The molecular formula is C31H28ClF3N4O5S. The van der Waals surface area contributed by atoms with Gasteiger partial charge < -0.3 is 9.84 Å². The third kappa shape index (κ3) is 6.42. The van der Waals surface area contributed by atoms with Crippen LogP contribution in [-0.2, 0) is 22.8 Å². The summed E-state index contributed by atoms with van der Waals surface area (Å²) in [5.74, 6) is -1.45. The number of hydrogen-bond acceptors (Lipinski definition) is 6. The van der Waals surface area contributed by atoms with Gasteiger partial charge in [-0.2, -0.15) is 18.3 Å². The molecule has 1 N–H and O–H groups in total. The second-order valence-electron chi connectivity index (χ2n) is 11.1. The average molecular weight is 661 g/mol. The number of nitrogens with zero attached hydrogens (tertiary/aromatic N) is 4. The number of benzene rings is 2. The van der Waals surface area contributed by atoms with E-state index < -0.39 is 33.4 Å². The van der Waals surface area contributed by atoms with Crippen molar-refractivity contribution < 1.29 is 36.2 Å². The molecule has 0 unspecified atom stereocenters. The molecule has 0 radical (unpaired) electrons. The Morgan fingerprint density at radius 3 is 2.33 bits per heavy atom. The van der Waals surface area contributed by atoms with Gasteiger partial charge in [-0.15, -0.1) is 0 Å². The Bertz CT molecular complexity index is 1830. The van der Waals surface area contributed by atoms with Crippen LogP contribution in [0.4, 0.5) is 13.2 Å². The summed E-state index contributed by atoms with van der Waals surface area (Å²) in [7, 11) is -3.16. The van der Waals surface area contributed by atoms with Crippen LogP contribution < -0.4 is 4.74 Å². The van der Waals surface area contributed by atoms with E-state index in [0.717, 1.165) is 36.8 Å². The number of rotatable bonds is 9. The van der Waals surface area contributed by atoms with Crippen LogP contribution in [0.15, 0.2) is 66.9 Å². The van der Waals surface area contributed by atoms with E-state index in [2.05, 4.69) is 10.1 Å². The van der Waals surface area contributed by atoms with Crippen molar-refractivity contribution in [1.29, 1.82) is 0 Å². The van der Waals surface area contributed by atoms with Crippen molar-refractivity contribution in [2.45, 2.75) is 49.6 Å². The number of para-hydroxylation sites is 1. The summed E-state index contributed by atoms with van der Waals surface area (Å²) >= 11 is 6.49. The van der Waals surface area contributed by atoms with Crippen LogP contribution in [0.3, 0.4) is 0 Å². The van der Waals surface area contributed by atoms with Gasteiger partial charge in [0.05, 0.1) is 22.2 Å². The number of alkyl halides is 3. The first-order valence-electron chi connectivity index (χ1n) is 14.3. The van der Waals surface area contributed by atoms with Gasteiger partial charge in [0.1, 0.15) is 17.9 Å². The SMILES string of the molecule is O=C(O)c1cnn(-c2cccc(-c3cccc(Cl)c3OCc3ccc(C4CCN(S(=O)(=O)C5CC5)CC4)cc3)n2)c1C(F)(F)F. The number of sulfonamides is 1. The van der Waals surface area contributed by atoms with E-state index in [1.807, 2.05) is 24.3 Å². The molecule has 1 saturated carbocycles. The molecule has 2 aromatic carbocycles. The van der Waals surface area contributed by atoms with E-state index in [9.17, 15) is 31.5 Å². The Balaban J connectivity index is 1.18. The minimum absolute atomic E-state index is 0.147. The van der Waals surface area contributed by atoms with Crippen molar-refractivity contribution in [3.63, 3.8) is 0 Å². The molecule has 2 fully saturated rings. The van der Waals surface area contributed by atoms with E-state index in [1.165, 1.54) is 12.1 Å². The van der Waals surface area contributed by atoms with Crippen LogP contribution in [0.2, 0.25) is 5.02 Å². The molecular weight excluding hydrogens is 633 g/mol. The molecule has 45 heavy (non-hydrogen) atoms. The second kappa shape index (κ2) is 12.1. The Kier molecular flexibility index (Phi) is 8.35. The van der Waals surface area contributed by atoms with Crippen LogP contribution >= 0.6 is 11.6 Å². The number of aromatic nitrogens is 3. The van der Waals surface area contributed by atoms with Crippen molar-refractivity contribution >= 4 is 27.6 Å². The van der Waals surface area contributed by atoms with Gasteiger partial charge in [-0.3, -0.25) is 0 Å². The van der Waals surface area contributed by atoms with Crippen LogP contribution in [-0.4, -0.2) is 56.9 Å². The standard InChI is InChI=1S/C31H28ClF3N4O5S/c32-25-4-1-3-23(26-5-2-6-27(37-26)39-29(31(33,34)35)24(17-36-39)30(40)41)28(25)44-18-19-7-9-20(10-8-19)21-13-15-38(16-14-21)45(42,43)22-11-12-22/h1-10,17,21-22H,11-16,18H2,(H,40,41). The molecule has 1 aliphatic carbocycles. The van der Waals surface area contributed by atoms with Crippen LogP contribution in [0, 0.1) is 0 Å². The maximum Gasteiger partial charge on any atom is 0.434 e. The lowest BCUT2D eigenvalue weighted by Gasteiger charge is -2.31. The van der Waals surface area contributed by atoms with Gasteiger partial charge in [0.25, 0.3) is 0 Å². The first kappa shape index (κ1) is 31.1. The summed E-state index contributed by atoms with van der Waals surface area (Å²) in [4.78, 5) is 15.8. The van der Waals surface area contributed by atoms with Crippen LogP contribution in [0.5, 0.6) is 5.75 Å². The number of ether oxygens (including phenoxy) is 1. The second-order valence-corrected chi connectivity index (χ2v) is 13.7. The number of carboxylic acids is 1. The first-order valence-corrected chi connectivity index (χ1v) is 16.2. The molecule has 1 aliphatic heterocycles. The smallest absolute Gasteiger partial charge is 0.434 e. The third-order valence-electron chi connectivity index (χ3n) is 8.06. The normalized spacial score (nSPS) is 16.5. The van der Waals surface area contributed by atoms with E-state index in [-0.39, 0.29) is 40.1 Å². The first-order chi connectivity index (χ1) is 21.4. The zero-order chi connectivity index (χ0) is 31.9. The molecule has 0 spiro atoms. The fourth-order valence-corrected chi connectivity index (χ4v) is 7.66. The van der Waals surface area contributed by atoms with Crippen molar-refractivity contribution in [1.82, 2.24) is 19.1 Å². The highest BCUT2D eigenvalue weighted by Crippen LogP contribution is 2.38.